The van der Waals surface area contributed by atoms with Crippen LogP contribution >= 0.6 is 0 Å². The van der Waals surface area contributed by atoms with E-state index < -0.39 is 0 Å². The average molecular weight is 294 g/mol. The summed E-state index contributed by atoms with van der Waals surface area (Å²) < 4.78 is 13.2. The summed E-state index contributed by atoms with van der Waals surface area (Å²) in [7, 11) is 0. The van der Waals surface area contributed by atoms with Gasteiger partial charge in [-0.3, -0.25) is 5.32 Å². The van der Waals surface area contributed by atoms with Crippen molar-refractivity contribution in [1.82, 2.24) is 5.32 Å². The van der Waals surface area contributed by atoms with Crippen molar-refractivity contribution in [2.24, 2.45) is 0 Å². The highest BCUT2D eigenvalue weighted by Crippen LogP contribution is 2.35. The number of rotatable bonds is 5. The maximum atomic E-state index is 13.2. The van der Waals surface area contributed by atoms with Crippen LogP contribution in [0.5, 0.6) is 0 Å². The third-order valence-electron chi connectivity index (χ3n) is 4.09. The highest BCUT2D eigenvalue weighted by Gasteiger charge is 2.23. The highest BCUT2D eigenvalue weighted by atomic mass is 19.1. The van der Waals surface area contributed by atoms with E-state index in [0.29, 0.717) is 19.1 Å². The first kappa shape index (κ1) is 14.6. The van der Waals surface area contributed by atoms with Gasteiger partial charge in [0.2, 0.25) is 0 Å². The molecule has 2 aromatic carbocycles. The van der Waals surface area contributed by atoms with Gasteiger partial charge >= 0.3 is 0 Å². The number of hydrogen-bond acceptors (Lipinski definition) is 2. The fraction of sp³-hybridized carbons (Fsp3) is 0.263. The van der Waals surface area contributed by atoms with Crippen LogP contribution in [0, 0.1) is 18.2 Å². The zero-order valence-electron chi connectivity index (χ0n) is 12.4. The van der Waals surface area contributed by atoms with E-state index in [9.17, 15) is 4.39 Å². The first-order chi connectivity index (χ1) is 10.8. The SMILES string of the molecule is C#CCNC1CCc2c(NCc3cccc(F)c3)cccc21. The van der Waals surface area contributed by atoms with Crippen molar-refractivity contribution in [2.45, 2.75) is 25.4 Å². The first-order valence-electron chi connectivity index (χ1n) is 7.55. The van der Waals surface area contributed by atoms with Crippen LogP contribution in [0.15, 0.2) is 42.5 Å². The molecule has 1 aliphatic rings. The van der Waals surface area contributed by atoms with Crippen molar-refractivity contribution in [1.29, 1.82) is 0 Å². The second-order valence-corrected chi connectivity index (χ2v) is 5.53. The van der Waals surface area contributed by atoms with Gasteiger partial charge in [0, 0.05) is 18.3 Å². The van der Waals surface area contributed by atoms with Gasteiger partial charge < -0.3 is 5.32 Å². The Hall–Kier alpha value is -2.31. The maximum Gasteiger partial charge on any atom is 0.123 e. The van der Waals surface area contributed by atoms with Crippen LogP contribution in [-0.4, -0.2) is 6.54 Å². The van der Waals surface area contributed by atoms with Crippen molar-refractivity contribution in [3.05, 3.63) is 65.0 Å². The van der Waals surface area contributed by atoms with Gasteiger partial charge in [0.15, 0.2) is 0 Å². The third kappa shape index (κ3) is 3.13. The van der Waals surface area contributed by atoms with E-state index in [2.05, 4.69) is 34.8 Å². The van der Waals surface area contributed by atoms with Crippen molar-refractivity contribution in [3.8, 4) is 12.3 Å². The molecule has 0 bridgehead atoms. The highest BCUT2D eigenvalue weighted by molar-refractivity contribution is 5.57. The third-order valence-corrected chi connectivity index (χ3v) is 4.09. The van der Waals surface area contributed by atoms with E-state index >= 15 is 0 Å². The summed E-state index contributed by atoms with van der Waals surface area (Å²) in [5, 5.41) is 6.81. The number of terminal acetylenes is 1. The first-order valence-corrected chi connectivity index (χ1v) is 7.55. The van der Waals surface area contributed by atoms with Crippen LogP contribution in [0.25, 0.3) is 0 Å². The van der Waals surface area contributed by atoms with E-state index in [1.807, 2.05) is 6.07 Å². The minimum absolute atomic E-state index is 0.198. The molecule has 0 saturated carbocycles. The van der Waals surface area contributed by atoms with Crippen LogP contribution in [0.1, 0.15) is 29.2 Å². The molecule has 2 N–H and O–H groups in total. The van der Waals surface area contributed by atoms with E-state index in [1.54, 1.807) is 12.1 Å². The van der Waals surface area contributed by atoms with Crippen molar-refractivity contribution >= 4 is 5.69 Å². The van der Waals surface area contributed by atoms with E-state index in [4.69, 9.17) is 6.42 Å². The standard InChI is InChI=1S/C19H19FN2/c1-2-11-21-19-10-9-17-16(19)7-4-8-18(17)22-13-14-5-3-6-15(20)12-14/h1,3-8,12,19,21-22H,9-11,13H2. The van der Waals surface area contributed by atoms with Crippen LogP contribution in [-0.2, 0) is 13.0 Å². The molecule has 0 heterocycles. The van der Waals surface area contributed by atoms with Crippen LogP contribution in [0.2, 0.25) is 0 Å². The van der Waals surface area contributed by atoms with Gasteiger partial charge in [-0.1, -0.05) is 30.2 Å². The summed E-state index contributed by atoms with van der Waals surface area (Å²) in [5.74, 6) is 2.43. The van der Waals surface area contributed by atoms with Crippen molar-refractivity contribution in [3.63, 3.8) is 0 Å². The maximum absolute atomic E-state index is 13.2. The van der Waals surface area contributed by atoms with Gasteiger partial charge in [-0.25, -0.2) is 4.39 Å². The second kappa shape index (κ2) is 6.64. The fourth-order valence-corrected chi connectivity index (χ4v) is 3.06. The Morgan fingerprint density at radius 3 is 2.91 bits per heavy atom. The minimum atomic E-state index is -0.198. The number of fused-ring (bicyclic) bond motifs is 1. The normalized spacial score (nSPS) is 16.1. The molecule has 0 amide bonds. The molecule has 1 aliphatic carbocycles. The zero-order chi connectivity index (χ0) is 15.4. The lowest BCUT2D eigenvalue weighted by atomic mass is 10.1. The topological polar surface area (TPSA) is 24.1 Å². The number of benzene rings is 2. The average Bonchev–Trinajstić information content (AvgIpc) is 2.95. The molecule has 3 heteroatoms. The van der Waals surface area contributed by atoms with E-state index in [0.717, 1.165) is 24.1 Å². The molecule has 0 aromatic heterocycles. The number of halogens is 1. The monoisotopic (exact) mass is 294 g/mol. The van der Waals surface area contributed by atoms with Gasteiger partial charge in [-0.15, -0.1) is 6.42 Å². The van der Waals surface area contributed by atoms with Crippen molar-refractivity contribution < 1.29 is 4.39 Å². The Labute approximate surface area is 130 Å². The molecule has 0 aliphatic heterocycles. The molecule has 2 aromatic rings. The van der Waals surface area contributed by atoms with Gasteiger partial charge in [0.05, 0.1) is 6.54 Å². The van der Waals surface area contributed by atoms with Crippen LogP contribution in [0.3, 0.4) is 0 Å². The lowest BCUT2D eigenvalue weighted by molar-refractivity contribution is 0.568. The largest absolute Gasteiger partial charge is 0.381 e. The van der Waals surface area contributed by atoms with Gasteiger partial charge in [-0.05, 0) is 47.7 Å². The van der Waals surface area contributed by atoms with Gasteiger partial charge in [0.1, 0.15) is 5.82 Å². The Bertz CT molecular complexity index is 703. The number of nitrogens with one attached hydrogen (secondary N) is 2. The molecule has 0 fully saturated rings. The van der Waals surface area contributed by atoms with E-state index in [-0.39, 0.29) is 5.82 Å². The molecular weight excluding hydrogens is 275 g/mol. The van der Waals surface area contributed by atoms with E-state index in [1.165, 1.54) is 17.2 Å². The van der Waals surface area contributed by atoms with Crippen LogP contribution in [0.4, 0.5) is 10.1 Å². The molecule has 0 spiro atoms. The predicted octanol–water partition coefficient (Wildman–Crippen LogP) is 3.65. The molecule has 1 unspecified atom stereocenters. The Balaban J connectivity index is 1.73. The number of hydrogen-bond donors (Lipinski definition) is 2. The molecule has 0 radical (unpaired) electrons. The summed E-state index contributed by atoms with van der Waals surface area (Å²) in [5.41, 5.74) is 4.73. The summed E-state index contributed by atoms with van der Waals surface area (Å²) in [6.07, 6.45) is 7.42. The van der Waals surface area contributed by atoms with Crippen molar-refractivity contribution in [2.75, 3.05) is 11.9 Å². The van der Waals surface area contributed by atoms with Gasteiger partial charge in [-0.2, -0.15) is 0 Å². The summed E-state index contributed by atoms with van der Waals surface area (Å²) >= 11 is 0. The van der Waals surface area contributed by atoms with Gasteiger partial charge in [0.25, 0.3) is 0 Å². The Morgan fingerprint density at radius 1 is 1.23 bits per heavy atom. The molecule has 1 atom stereocenters. The molecule has 0 saturated heterocycles. The molecule has 22 heavy (non-hydrogen) atoms. The minimum Gasteiger partial charge on any atom is -0.381 e. The summed E-state index contributed by atoms with van der Waals surface area (Å²) in [6.45, 7) is 1.21. The Morgan fingerprint density at radius 2 is 2.09 bits per heavy atom. The van der Waals surface area contributed by atoms with Crippen LogP contribution < -0.4 is 10.6 Å². The molecule has 112 valence electrons. The quantitative estimate of drug-likeness (QED) is 0.823. The second-order valence-electron chi connectivity index (χ2n) is 5.53. The summed E-state index contributed by atoms with van der Waals surface area (Å²) in [6, 6.07) is 13.3. The predicted molar refractivity (Wildman–Crippen MR) is 88.1 cm³/mol. The zero-order valence-corrected chi connectivity index (χ0v) is 12.4. The lowest BCUT2D eigenvalue weighted by Gasteiger charge is -2.14. The smallest absolute Gasteiger partial charge is 0.123 e. The molecule has 3 rings (SSSR count). The molecule has 2 nitrogen and oxygen atoms in total. The Kier molecular flexibility index (Phi) is 4.41. The lowest BCUT2D eigenvalue weighted by Crippen LogP contribution is -2.19. The summed E-state index contributed by atoms with van der Waals surface area (Å²) in [4.78, 5) is 0. The fourth-order valence-electron chi connectivity index (χ4n) is 3.06. The molecular formula is C19H19FN2. The number of anilines is 1.